The first kappa shape index (κ1) is 26.8. The van der Waals surface area contributed by atoms with Crippen molar-refractivity contribution in [3.8, 4) is 0 Å². The number of guanidine groups is 1. The molecular formula is C20H33N7O7. The maximum atomic E-state index is 13.0. The maximum absolute atomic E-state index is 13.0. The van der Waals surface area contributed by atoms with Crippen LogP contribution in [0.3, 0.4) is 0 Å². The van der Waals surface area contributed by atoms with E-state index in [0.717, 1.165) is 13.0 Å². The molecule has 0 aromatic rings. The third-order valence-electron chi connectivity index (χ3n) is 5.77. The number of carboxylic acid groups (broad SMARTS) is 2. The first-order valence-corrected chi connectivity index (χ1v) is 11.2. The summed E-state index contributed by atoms with van der Waals surface area (Å²) in [6, 6.07) is -3.92. The summed E-state index contributed by atoms with van der Waals surface area (Å²) < 4.78 is 0. The molecule has 9 N–H and O–H groups in total. The van der Waals surface area contributed by atoms with Crippen molar-refractivity contribution in [3.05, 3.63) is 0 Å². The standard InChI is InChI=1S/C20H33N7O7/c21-20(22)24-8-1-4-11(16(30)26-13(19(33)34)10-15(28)29)25-17(31)14-6-3-9-27(14)18(32)12-5-2-7-23-12/h11-14,23H,1-10H2,(H,25,31)(H,26,30)(H,28,29)(H,33,34)(H4,21,22,24). The number of aliphatic carboxylic acids is 2. The summed E-state index contributed by atoms with van der Waals surface area (Å²) in [5.74, 6) is -4.59. The molecule has 0 spiro atoms. The summed E-state index contributed by atoms with van der Waals surface area (Å²) in [4.78, 5) is 66.3. The Labute approximate surface area is 196 Å². The zero-order chi connectivity index (χ0) is 25.3. The number of nitrogens with two attached hydrogens (primary N) is 2. The van der Waals surface area contributed by atoms with Crippen LogP contribution in [-0.2, 0) is 24.0 Å². The van der Waals surface area contributed by atoms with Gasteiger partial charge in [0.2, 0.25) is 17.7 Å². The van der Waals surface area contributed by atoms with Gasteiger partial charge in [-0.2, -0.15) is 0 Å². The maximum Gasteiger partial charge on any atom is 0.326 e. The van der Waals surface area contributed by atoms with Crippen LogP contribution in [0.15, 0.2) is 4.99 Å². The summed E-state index contributed by atoms with van der Waals surface area (Å²) in [5, 5.41) is 26.0. The molecular weight excluding hydrogens is 450 g/mol. The van der Waals surface area contributed by atoms with Gasteiger partial charge in [0.05, 0.1) is 12.5 Å². The number of hydrogen-bond acceptors (Lipinski definition) is 7. The lowest BCUT2D eigenvalue weighted by molar-refractivity contribution is -0.147. The van der Waals surface area contributed by atoms with Gasteiger partial charge in [0, 0.05) is 13.1 Å². The highest BCUT2D eigenvalue weighted by atomic mass is 16.4. The zero-order valence-corrected chi connectivity index (χ0v) is 18.9. The second-order valence-electron chi connectivity index (χ2n) is 8.35. The number of carbonyl (C=O) groups excluding carboxylic acids is 3. The van der Waals surface area contributed by atoms with E-state index in [4.69, 9.17) is 16.6 Å². The van der Waals surface area contributed by atoms with Crippen LogP contribution in [0.4, 0.5) is 0 Å². The molecule has 2 aliphatic heterocycles. The van der Waals surface area contributed by atoms with E-state index in [9.17, 15) is 29.1 Å². The van der Waals surface area contributed by atoms with Gasteiger partial charge in [0.1, 0.15) is 18.1 Å². The lowest BCUT2D eigenvalue weighted by Crippen LogP contribution is -2.56. The van der Waals surface area contributed by atoms with Crippen molar-refractivity contribution in [1.29, 1.82) is 0 Å². The van der Waals surface area contributed by atoms with Gasteiger partial charge >= 0.3 is 11.9 Å². The minimum absolute atomic E-state index is 0.0681. The Morgan fingerprint density at radius 1 is 1.06 bits per heavy atom. The fourth-order valence-corrected chi connectivity index (χ4v) is 4.09. The molecule has 2 heterocycles. The summed E-state index contributed by atoms with van der Waals surface area (Å²) in [7, 11) is 0. The van der Waals surface area contributed by atoms with Gasteiger partial charge in [0.25, 0.3) is 0 Å². The van der Waals surface area contributed by atoms with Gasteiger partial charge < -0.3 is 42.5 Å². The summed E-state index contributed by atoms with van der Waals surface area (Å²) >= 11 is 0. The molecule has 14 heteroatoms. The third-order valence-corrected chi connectivity index (χ3v) is 5.77. The number of hydrogen-bond donors (Lipinski definition) is 7. The molecule has 2 fully saturated rings. The van der Waals surface area contributed by atoms with Gasteiger partial charge in [-0.1, -0.05) is 0 Å². The Hall–Kier alpha value is -3.42. The molecule has 2 rings (SSSR count). The lowest BCUT2D eigenvalue weighted by Gasteiger charge is -2.28. The number of nitrogens with zero attached hydrogens (tertiary/aromatic N) is 2. The van der Waals surface area contributed by atoms with E-state index in [2.05, 4.69) is 20.9 Å². The van der Waals surface area contributed by atoms with Crippen LogP contribution in [0.5, 0.6) is 0 Å². The molecule has 0 saturated carbocycles. The summed E-state index contributed by atoms with van der Waals surface area (Å²) in [6.07, 6.45) is 2.17. The van der Waals surface area contributed by atoms with Crippen LogP contribution in [0.1, 0.15) is 44.9 Å². The van der Waals surface area contributed by atoms with E-state index < -0.39 is 48.3 Å². The second kappa shape index (κ2) is 12.7. The molecule has 190 valence electrons. The van der Waals surface area contributed by atoms with E-state index in [1.165, 1.54) is 4.90 Å². The van der Waals surface area contributed by atoms with Crippen molar-refractivity contribution in [2.24, 2.45) is 16.5 Å². The van der Waals surface area contributed by atoms with Gasteiger partial charge in [0.15, 0.2) is 5.96 Å². The molecule has 2 aliphatic rings. The van der Waals surface area contributed by atoms with Crippen molar-refractivity contribution in [2.45, 2.75) is 69.1 Å². The SMILES string of the molecule is NC(N)=NCCCC(NC(=O)C1CCCN1C(=O)C1CCCN1)C(=O)NC(CC(=O)O)C(=O)O. The van der Waals surface area contributed by atoms with E-state index in [1.54, 1.807) is 0 Å². The molecule has 14 nitrogen and oxygen atoms in total. The predicted molar refractivity (Wildman–Crippen MR) is 119 cm³/mol. The van der Waals surface area contributed by atoms with Crippen molar-refractivity contribution in [1.82, 2.24) is 20.9 Å². The average molecular weight is 484 g/mol. The Balaban J connectivity index is 2.09. The number of aliphatic imine (C=N–C) groups is 1. The minimum atomic E-state index is -1.67. The number of likely N-dealkylation sites (tertiary alicyclic amines) is 1. The van der Waals surface area contributed by atoms with Crippen molar-refractivity contribution in [2.75, 3.05) is 19.6 Å². The number of amides is 3. The molecule has 0 aromatic heterocycles. The minimum Gasteiger partial charge on any atom is -0.481 e. The number of carbonyl (C=O) groups is 5. The molecule has 0 radical (unpaired) electrons. The number of carboxylic acids is 2. The van der Waals surface area contributed by atoms with E-state index in [1.807, 2.05) is 0 Å². The Morgan fingerprint density at radius 2 is 1.79 bits per heavy atom. The van der Waals surface area contributed by atoms with E-state index >= 15 is 0 Å². The molecule has 4 unspecified atom stereocenters. The van der Waals surface area contributed by atoms with Gasteiger partial charge in [-0.25, -0.2) is 4.79 Å². The predicted octanol–water partition coefficient (Wildman–Crippen LogP) is -2.69. The Morgan fingerprint density at radius 3 is 2.38 bits per heavy atom. The highest BCUT2D eigenvalue weighted by Crippen LogP contribution is 2.21. The fourth-order valence-electron chi connectivity index (χ4n) is 4.09. The van der Waals surface area contributed by atoms with Gasteiger partial charge in [-0.05, 0) is 45.1 Å². The molecule has 2 saturated heterocycles. The number of nitrogens with one attached hydrogen (secondary N) is 3. The third kappa shape index (κ3) is 7.86. The molecule has 34 heavy (non-hydrogen) atoms. The van der Waals surface area contributed by atoms with Crippen LogP contribution >= 0.6 is 0 Å². The topological polar surface area (TPSA) is 230 Å². The Bertz CT molecular complexity index is 809. The van der Waals surface area contributed by atoms with Gasteiger partial charge in [-0.15, -0.1) is 0 Å². The fraction of sp³-hybridized carbons (Fsp3) is 0.700. The smallest absolute Gasteiger partial charge is 0.326 e. The van der Waals surface area contributed by atoms with Crippen LogP contribution < -0.4 is 27.4 Å². The van der Waals surface area contributed by atoms with Gasteiger partial charge in [-0.3, -0.25) is 24.2 Å². The quantitative estimate of drug-likeness (QED) is 0.0863. The Kier molecular flexibility index (Phi) is 10.0. The van der Waals surface area contributed by atoms with E-state index in [0.29, 0.717) is 25.8 Å². The van der Waals surface area contributed by atoms with Crippen molar-refractivity contribution >= 4 is 35.6 Å². The molecule has 0 aromatic carbocycles. The summed E-state index contributed by atoms with van der Waals surface area (Å²) in [5.41, 5.74) is 10.6. The van der Waals surface area contributed by atoms with Crippen LogP contribution in [0.25, 0.3) is 0 Å². The molecule has 0 aliphatic carbocycles. The van der Waals surface area contributed by atoms with Crippen molar-refractivity contribution in [3.63, 3.8) is 0 Å². The largest absolute Gasteiger partial charge is 0.481 e. The normalized spacial score (nSPS) is 21.4. The van der Waals surface area contributed by atoms with Crippen LogP contribution in [-0.4, -0.2) is 94.5 Å². The summed E-state index contributed by atoms with van der Waals surface area (Å²) in [6.45, 7) is 1.33. The highest BCUT2D eigenvalue weighted by molar-refractivity contribution is 5.95. The average Bonchev–Trinajstić information content (AvgIpc) is 3.46. The number of rotatable bonds is 12. The molecule has 3 amide bonds. The van der Waals surface area contributed by atoms with E-state index in [-0.39, 0.29) is 37.3 Å². The zero-order valence-electron chi connectivity index (χ0n) is 18.9. The monoisotopic (exact) mass is 483 g/mol. The van der Waals surface area contributed by atoms with Crippen LogP contribution in [0, 0.1) is 0 Å². The second-order valence-corrected chi connectivity index (χ2v) is 8.35. The molecule has 4 atom stereocenters. The lowest BCUT2D eigenvalue weighted by atomic mass is 10.1. The molecule has 0 bridgehead atoms. The van der Waals surface area contributed by atoms with Crippen molar-refractivity contribution < 1.29 is 34.2 Å². The van der Waals surface area contributed by atoms with Crippen LogP contribution in [0.2, 0.25) is 0 Å². The first-order valence-electron chi connectivity index (χ1n) is 11.2. The first-order chi connectivity index (χ1) is 16.1. The highest BCUT2D eigenvalue weighted by Gasteiger charge is 2.39.